The Kier molecular flexibility index (Phi) is 4.59. The van der Waals surface area contributed by atoms with Crippen molar-refractivity contribution >= 4 is 11.5 Å². The molecular weight excluding hydrogens is 258 g/mol. The minimum absolute atomic E-state index is 0.134. The fourth-order valence-electron chi connectivity index (χ4n) is 2.82. The van der Waals surface area contributed by atoms with Crippen LogP contribution >= 0.6 is 0 Å². The van der Waals surface area contributed by atoms with Crippen molar-refractivity contribution in [1.29, 1.82) is 0 Å². The summed E-state index contributed by atoms with van der Waals surface area (Å²) in [5, 5.41) is 18.8. The average molecular weight is 281 g/mol. The topological polar surface area (TPSA) is 76.2 Å². The molecule has 1 fully saturated rings. The summed E-state index contributed by atoms with van der Waals surface area (Å²) in [5.74, 6) is 0.527. The third kappa shape index (κ3) is 2.92. The fourth-order valence-corrected chi connectivity index (χ4v) is 2.82. The van der Waals surface area contributed by atoms with E-state index in [1.165, 1.54) is 6.42 Å². The van der Waals surface area contributed by atoms with Crippen LogP contribution in [0.4, 0.5) is 11.5 Å². The molecular formula is C13H23N5O2. The highest BCUT2D eigenvalue weighted by molar-refractivity contribution is 5.60. The number of nitrogens with zero attached hydrogens (tertiary/aromatic N) is 4. The van der Waals surface area contributed by atoms with Gasteiger partial charge in [-0.1, -0.05) is 13.3 Å². The lowest BCUT2D eigenvalue weighted by Gasteiger charge is -2.19. The smallest absolute Gasteiger partial charge is 0.333 e. The Bertz CT molecular complexity index is 485. The molecule has 1 saturated heterocycles. The second-order valence-corrected chi connectivity index (χ2v) is 5.43. The van der Waals surface area contributed by atoms with Crippen LogP contribution < -0.4 is 5.32 Å². The molecule has 1 unspecified atom stereocenters. The SMILES string of the molecule is CCCc1nn(C)c(NCC2CCCN2C)c1[N+](=O)[O-]. The lowest BCUT2D eigenvalue weighted by Crippen LogP contribution is -2.32. The lowest BCUT2D eigenvalue weighted by atomic mass is 10.2. The van der Waals surface area contributed by atoms with Crippen LogP contribution in [-0.2, 0) is 13.5 Å². The van der Waals surface area contributed by atoms with Gasteiger partial charge >= 0.3 is 5.69 Å². The van der Waals surface area contributed by atoms with Crippen molar-refractivity contribution in [1.82, 2.24) is 14.7 Å². The molecule has 0 bridgehead atoms. The number of nitrogens with one attached hydrogen (secondary N) is 1. The number of rotatable bonds is 6. The van der Waals surface area contributed by atoms with Crippen molar-refractivity contribution in [3.8, 4) is 0 Å². The Hall–Kier alpha value is -1.63. The summed E-state index contributed by atoms with van der Waals surface area (Å²) in [6.07, 6.45) is 3.81. The Morgan fingerprint density at radius 3 is 2.80 bits per heavy atom. The van der Waals surface area contributed by atoms with Crippen molar-refractivity contribution in [3.63, 3.8) is 0 Å². The maximum absolute atomic E-state index is 11.3. The van der Waals surface area contributed by atoms with Crippen molar-refractivity contribution < 1.29 is 4.92 Å². The van der Waals surface area contributed by atoms with Gasteiger partial charge in [-0.25, -0.2) is 4.68 Å². The van der Waals surface area contributed by atoms with Crippen LogP contribution in [-0.4, -0.2) is 45.8 Å². The molecule has 20 heavy (non-hydrogen) atoms. The molecule has 1 aromatic rings. The zero-order valence-electron chi connectivity index (χ0n) is 12.4. The van der Waals surface area contributed by atoms with E-state index < -0.39 is 0 Å². The van der Waals surface area contributed by atoms with Crippen LogP contribution in [0.25, 0.3) is 0 Å². The molecule has 0 radical (unpaired) electrons. The van der Waals surface area contributed by atoms with E-state index in [1.54, 1.807) is 11.7 Å². The number of likely N-dealkylation sites (tertiary alicyclic amines) is 1. The van der Waals surface area contributed by atoms with Gasteiger partial charge in [0.15, 0.2) is 0 Å². The van der Waals surface area contributed by atoms with Crippen molar-refractivity contribution in [2.45, 2.75) is 38.6 Å². The summed E-state index contributed by atoms with van der Waals surface area (Å²) in [4.78, 5) is 13.3. The van der Waals surface area contributed by atoms with Crippen LogP contribution in [0.1, 0.15) is 31.9 Å². The first kappa shape index (κ1) is 14.8. The normalized spacial score (nSPS) is 19.4. The van der Waals surface area contributed by atoms with Gasteiger partial charge in [-0.3, -0.25) is 10.1 Å². The van der Waals surface area contributed by atoms with Gasteiger partial charge in [-0.2, -0.15) is 5.10 Å². The third-order valence-corrected chi connectivity index (χ3v) is 3.94. The molecule has 0 aromatic carbocycles. The predicted molar refractivity (Wildman–Crippen MR) is 78.0 cm³/mol. The van der Waals surface area contributed by atoms with E-state index in [2.05, 4.69) is 22.4 Å². The molecule has 1 aliphatic heterocycles. The molecule has 0 amide bonds. The molecule has 1 N–H and O–H groups in total. The monoisotopic (exact) mass is 281 g/mol. The summed E-state index contributed by atoms with van der Waals surface area (Å²) >= 11 is 0. The molecule has 7 heteroatoms. The lowest BCUT2D eigenvalue weighted by molar-refractivity contribution is -0.384. The van der Waals surface area contributed by atoms with E-state index in [0.29, 0.717) is 24.0 Å². The minimum atomic E-state index is -0.321. The molecule has 7 nitrogen and oxygen atoms in total. The highest BCUT2D eigenvalue weighted by Crippen LogP contribution is 2.29. The summed E-state index contributed by atoms with van der Waals surface area (Å²) in [6.45, 7) is 3.82. The van der Waals surface area contributed by atoms with Crippen molar-refractivity contribution in [2.24, 2.45) is 7.05 Å². The number of aryl methyl sites for hydroxylation is 2. The second kappa shape index (κ2) is 6.21. The Balaban J connectivity index is 2.15. The van der Waals surface area contributed by atoms with Crippen LogP contribution in [0.3, 0.4) is 0 Å². The van der Waals surface area contributed by atoms with Gasteiger partial charge < -0.3 is 10.2 Å². The number of aromatic nitrogens is 2. The molecule has 0 saturated carbocycles. The van der Waals surface area contributed by atoms with Crippen molar-refractivity contribution in [2.75, 3.05) is 25.5 Å². The quantitative estimate of drug-likeness (QED) is 0.635. The Morgan fingerprint density at radius 2 is 2.25 bits per heavy atom. The largest absolute Gasteiger partial charge is 0.363 e. The second-order valence-electron chi connectivity index (χ2n) is 5.43. The van der Waals surface area contributed by atoms with E-state index >= 15 is 0 Å². The highest BCUT2D eigenvalue weighted by Gasteiger charge is 2.27. The van der Waals surface area contributed by atoms with Gasteiger partial charge in [-0.15, -0.1) is 0 Å². The van der Waals surface area contributed by atoms with E-state index in [-0.39, 0.29) is 10.6 Å². The highest BCUT2D eigenvalue weighted by atomic mass is 16.6. The maximum atomic E-state index is 11.3. The summed E-state index contributed by atoms with van der Waals surface area (Å²) in [7, 11) is 3.85. The van der Waals surface area contributed by atoms with E-state index in [1.807, 2.05) is 6.92 Å². The first-order valence-electron chi connectivity index (χ1n) is 7.19. The first-order chi connectivity index (χ1) is 9.54. The minimum Gasteiger partial charge on any atom is -0.363 e. The molecule has 112 valence electrons. The zero-order valence-corrected chi connectivity index (χ0v) is 12.4. The standard InChI is InChI=1S/C13H23N5O2/c1-4-6-11-12(18(19)20)13(17(3)15-11)14-9-10-7-5-8-16(10)2/h10,14H,4-9H2,1-3H3. The number of hydrogen-bond donors (Lipinski definition) is 1. The molecule has 0 aliphatic carbocycles. The van der Waals surface area contributed by atoms with Crippen LogP contribution in [0.5, 0.6) is 0 Å². The van der Waals surface area contributed by atoms with Gasteiger partial charge in [0.25, 0.3) is 0 Å². The summed E-state index contributed by atoms with van der Waals surface area (Å²) < 4.78 is 1.60. The molecule has 2 rings (SSSR count). The Labute approximate surface area is 119 Å². The van der Waals surface area contributed by atoms with E-state index in [4.69, 9.17) is 0 Å². The summed E-state index contributed by atoms with van der Waals surface area (Å²) in [5.41, 5.74) is 0.706. The zero-order chi connectivity index (χ0) is 14.7. The average Bonchev–Trinajstić information content (AvgIpc) is 2.91. The third-order valence-electron chi connectivity index (χ3n) is 3.94. The van der Waals surface area contributed by atoms with Crippen LogP contribution in [0.2, 0.25) is 0 Å². The van der Waals surface area contributed by atoms with Crippen molar-refractivity contribution in [3.05, 3.63) is 15.8 Å². The van der Waals surface area contributed by atoms with E-state index in [0.717, 1.165) is 25.9 Å². The number of likely N-dealkylation sites (N-methyl/N-ethyl adjacent to an activating group) is 1. The first-order valence-corrected chi connectivity index (χ1v) is 7.19. The summed E-state index contributed by atoms with van der Waals surface area (Å²) in [6, 6.07) is 0.444. The van der Waals surface area contributed by atoms with E-state index in [9.17, 15) is 10.1 Å². The fraction of sp³-hybridized carbons (Fsp3) is 0.769. The van der Waals surface area contributed by atoms with Crippen LogP contribution in [0.15, 0.2) is 0 Å². The van der Waals surface area contributed by atoms with Gasteiger partial charge in [0.1, 0.15) is 5.69 Å². The number of nitro groups is 1. The molecule has 2 heterocycles. The van der Waals surface area contributed by atoms with Gasteiger partial charge in [0, 0.05) is 19.6 Å². The number of anilines is 1. The predicted octanol–water partition coefficient (Wildman–Crippen LogP) is 1.79. The van der Waals surface area contributed by atoms with Crippen LogP contribution in [0, 0.1) is 10.1 Å². The van der Waals surface area contributed by atoms with Gasteiger partial charge in [0.05, 0.1) is 4.92 Å². The maximum Gasteiger partial charge on any atom is 0.333 e. The van der Waals surface area contributed by atoms with Gasteiger partial charge in [-0.05, 0) is 32.9 Å². The molecule has 1 aromatic heterocycles. The molecule has 1 atom stereocenters. The molecule has 0 spiro atoms. The molecule has 1 aliphatic rings. The number of hydrogen-bond acceptors (Lipinski definition) is 5. The van der Waals surface area contributed by atoms with Gasteiger partial charge in [0.2, 0.25) is 5.82 Å². The Morgan fingerprint density at radius 1 is 1.50 bits per heavy atom.